The normalized spacial score (nSPS) is 13.3. The molecule has 1 atom stereocenters. The molecule has 0 bridgehead atoms. The number of nitrogens with two attached hydrogens (primary N) is 1. The van der Waals surface area contributed by atoms with Gasteiger partial charge < -0.3 is 5.73 Å². The smallest absolute Gasteiger partial charge is 0.179 e. The van der Waals surface area contributed by atoms with Crippen molar-refractivity contribution in [2.45, 2.75) is 37.6 Å². The largest absolute Gasteiger partial charge is 0.326 e. The first-order valence-corrected chi connectivity index (χ1v) is 10.0. The highest BCUT2D eigenvalue weighted by Crippen LogP contribution is 2.12. The SMILES string of the molecule is CCCCCS(=O)CCS(=O)(=O)c1ccc(CN)cc1. The third-order valence-corrected chi connectivity index (χ3v) is 6.47. The van der Waals surface area contributed by atoms with Gasteiger partial charge in [-0.05, 0) is 24.1 Å². The predicted molar refractivity (Wildman–Crippen MR) is 83.8 cm³/mol. The summed E-state index contributed by atoms with van der Waals surface area (Å²) < 4.78 is 35.9. The van der Waals surface area contributed by atoms with Crippen molar-refractivity contribution >= 4 is 20.6 Å². The molecule has 1 unspecified atom stereocenters. The quantitative estimate of drug-likeness (QED) is 0.705. The van der Waals surface area contributed by atoms with Crippen LogP contribution in [0, 0.1) is 0 Å². The summed E-state index contributed by atoms with van der Waals surface area (Å²) in [7, 11) is -4.39. The second-order valence-electron chi connectivity index (χ2n) is 4.72. The van der Waals surface area contributed by atoms with E-state index in [1.807, 2.05) is 0 Å². The first kappa shape index (κ1) is 17.3. The minimum absolute atomic E-state index is 0.0618. The summed E-state index contributed by atoms with van der Waals surface area (Å²) in [6, 6.07) is 6.56. The molecule has 0 saturated carbocycles. The first-order chi connectivity index (χ1) is 9.49. The van der Waals surface area contributed by atoms with Gasteiger partial charge in [0, 0.05) is 28.9 Å². The molecule has 0 heterocycles. The Bertz CT molecular complexity index is 524. The average Bonchev–Trinajstić information content (AvgIpc) is 2.45. The summed E-state index contributed by atoms with van der Waals surface area (Å²) in [5, 5.41) is 0. The highest BCUT2D eigenvalue weighted by molar-refractivity contribution is 7.93. The van der Waals surface area contributed by atoms with Gasteiger partial charge in [-0.3, -0.25) is 4.21 Å². The van der Waals surface area contributed by atoms with Crippen LogP contribution in [0.3, 0.4) is 0 Å². The van der Waals surface area contributed by atoms with Gasteiger partial charge in [-0.25, -0.2) is 8.42 Å². The van der Waals surface area contributed by atoms with Gasteiger partial charge in [0.25, 0.3) is 0 Å². The molecule has 6 heteroatoms. The predicted octanol–water partition coefficient (Wildman–Crippen LogP) is 1.86. The molecule has 0 fully saturated rings. The van der Waals surface area contributed by atoms with Gasteiger partial charge in [-0.1, -0.05) is 31.9 Å². The van der Waals surface area contributed by atoms with Crippen LogP contribution in [-0.4, -0.2) is 29.9 Å². The van der Waals surface area contributed by atoms with Crippen LogP contribution in [-0.2, 0) is 27.2 Å². The molecule has 0 aromatic heterocycles. The van der Waals surface area contributed by atoms with Gasteiger partial charge in [0.1, 0.15) is 0 Å². The highest BCUT2D eigenvalue weighted by Gasteiger charge is 2.15. The lowest BCUT2D eigenvalue weighted by Gasteiger charge is -2.06. The second kappa shape index (κ2) is 8.54. The molecule has 0 aliphatic rings. The van der Waals surface area contributed by atoms with E-state index in [-0.39, 0.29) is 16.4 Å². The van der Waals surface area contributed by atoms with Gasteiger partial charge in [-0.15, -0.1) is 0 Å². The lowest BCUT2D eigenvalue weighted by Crippen LogP contribution is -2.15. The Kier molecular flexibility index (Phi) is 7.40. The Labute approximate surface area is 124 Å². The molecule has 0 saturated heterocycles. The van der Waals surface area contributed by atoms with E-state index in [9.17, 15) is 12.6 Å². The zero-order valence-electron chi connectivity index (χ0n) is 11.9. The Balaban J connectivity index is 2.54. The summed E-state index contributed by atoms with van der Waals surface area (Å²) in [6.45, 7) is 2.47. The molecular weight excluding hydrogens is 294 g/mol. The van der Waals surface area contributed by atoms with E-state index in [0.717, 1.165) is 24.8 Å². The minimum Gasteiger partial charge on any atom is -0.326 e. The standard InChI is InChI=1S/C14H23NO3S2/c1-2-3-4-9-19(16)10-11-20(17,18)14-7-5-13(12-15)6-8-14/h5-8H,2-4,9-12,15H2,1H3. The molecule has 0 radical (unpaired) electrons. The molecule has 2 N–H and O–H groups in total. The maximum Gasteiger partial charge on any atom is 0.179 e. The highest BCUT2D eigenvalue weighted by atomic mass is 32.2. The molecule has 0 amide bonds. The Hall–Kier alpha value is -0.720. The van der Waals surface area contributed by atoms with Gasteiger partial charge in [0.15, 0.2) is 9.84 Å². The number of sulfone groups is 1. The van der Waals surface area contributed by atoms with Crippen LogP contribution in [0.25, 0.3) is 0 Å². The van der Waals surface area contributed by atoms with Gasteiger partial charge >= 0.3 is 0 Å². The van der Waals surface area contributed by atoms with Gasteiger partial charge in [0.2, 0.25) is 0 Å². The summed E-state index contributed by atoms with van der Waals surface area (Å²) in [6.07, 6.45) is 3.01. The monoisotopic (exact) mass is 317 g/mol. The molecule has 0 aliphatic heterocycles. The molecule has 1 aromatic rings. The van der Waals surface area contributed by atoms with Crippen LogP contribution in [0.15, 0.2) is 29.2 Å². The molecule has 0 aliphatic carbocycles. The third kappa shape index (κ3) is 5.73. The van der Waals surface area contributed by atoms with E-state index in [1.54, 1.807) is 24.3 Å². The van der Waals surface area contributed by atoms with E-state index >= 15 is 0 Å². The maximum absolute atomic E-state index is 12.1. The van der Waals surface area contributed by atoms with Crippen molar-refractivity contribution in [3.8, 4) is 0 Å². The molecule has 0 spiro atoms. The number of unbranched alkanes of at least 4 members (excludes halogenated alkanes) is 2. The Morgan fingerprint density at radius 1 is 1.10 bits per heavy atom. The molecule has 114 valence electrons. The average molecular weight is 317 g/mol. The zero-order valence-corrected chi connectivity index (χ0v) is 13.5. The van der Waals surface area contributed by atoms with Crippen molar-refractivity contribution in [3.05, 3.63) is 29.8 Å². The number of rotatable bonds is 9. The molecular formula is C14H23NO3S2. The number of benzene rings is 1. The van der Waals surface area contributed by atoms with Crippen molar-refractivity contribution in [2.75, 3.05) is 17.3 Å². The number of hydrogen-bond acceptors (Lipinski definition) is 4. The van der Waals surface area contributed by atoms with E-state index in [1.165, 1.54) is 0 Å². The van der Waals surface area contributed by atoms with Crippen LogP contribution in [0.5, 0.6) is 0 Å². The topological polar surface area (TPSA) is 77.2 Å². The molecule has 1 aromatic carbocycles. The van der Waals surface area contributed by atoms with Crippen molar-refractivity contribution in [2.24, 2.45) is 5.73 Å². The summed E-state index contributed by atoms with van der Waals surface area (Å²) in [5.74, 6) is 0.744. The van der Waals surface area contributed by atoms with Crippen LogP contribution in [0.2, 0.25) is 0 Å². The fourth-order valence-corrected chi connectivity index (χ4v) is 4.91. The fraction of sp³-hybridized carbons (Fsp3) is 0.571. The van der Waals surface area contributed by atoms with E-state index in [4.69, 9.17) is 5.73 Å². The summed E-state index contributed by atoms with van der Waals surface area (Å²) in [5.41, 5.74) is 6.37. The van der Waals surface area contributed by atoms with E-state index in [0.29, 0.717) is 12.3 Å². The van der Waals surface area contributed by atoms with Gasteiger partial charge in [-0.2, -0.15) is 0 Å². The summed E-state index contributed by atoms with van der Waals surface area (Å²) in [4.78, 5) is 0.278. The van der Waals surface area contributed by atoms with Gasteiger partial charge in [0.05, 0.1) is 10.6 Å². The maximum atomic E-state index is 12.1. The minimum atomic E-state index is -3.34. The molecule has 4 nitrogen and oxygen atoms in total. The number of hydrogen-bond donors (Lipinski definition) is 1. The first-order valence-electron chi connectivity index (χ1n) is 6.86. The van der Waals surface area contributed by atoms with Crippen molar-refractivity contribution in [3.63, 3.8) is 0 Å². The molecule has 1 rings (SSSR count). The van der Waals surface area contributed by atoms with Crippen LogP contribution >= 0.6 is 0 Å². The van der Waals surface area contributed by atoms with Crippen LogP contribution in [0.4, 0.5) is 0 Å². The van der Waals surface area contributed by atoms with Crippen molar-refractivity contribution in [1.82, 2.24) is 0 Å². The van der Waals surface area contributed by atoms with Crippen molar-refractivity contribution in [1.29, 1.82) is 0 Å². The Morgan fingerprint density at radius 2 is 1.75 bits per heavy atom. The van der Waals surface area contributed by atoms with Crippen LogP contribution in [0.1, 0.15) is 31.7 Å². The third-order valence-electron chi connectivity index (χ3n) is 3.07. The molecule has 20 heavy (non-hydrogen) atoms. The van der Waals surface area contributed by atoms with Crippen LogP contribution < -0.4 is 5.73 Å². The summed E-state index contributed by atoms with van der Waals surface area (Å²) >= 11 is 0. The van der Waals surface area contributed by atoms with E-state index in [2.05, 4.69) is 6.92 Å². The fourth-order valence-electron chi connectivity index (χ4n) is 1.77. The second-order valence-corrected chi connectivity index (χ2v) is 8.53. The van der Waals surface area contributed by atoms with Crippen molar-refractivity contribution < 1.29 is 12.6 Å². The zero-order chi connectivity index (χ0) is 15.0. The Morgan fingerprint density at radius 3 is 2.30 bits per heavy atom. The lowest BCUT2D eigenvalue weighted by molar-refractivity contribution is 0.597. The van der Waals surface area contributed by atoms with E-state index < -0.39 is 20.6 Å². The lowest BCUT2D eigenvalue weighted by atomic mass is 10.2.